The Balaban J connectivity index is 2.00. The summed E-state index contributed by atoms with van der Waals surface area (Å²) in [5.41, 5.74) is 1.98. The smallest absolute Gasteiger partial charge is 0.305 e. The van der Waals surface area contributed by atoms with Crippen LogP contribution in [-0.2, 0) is 9.53 Å². The number of methoxy groups -OCH3 is 1. The number of hydrogen-bond donors (Lipinski definition) is 2. The molecule has 4 nitrogen and oxygen atoms in total. The van der Waals surface area contributed by atoms with Crippen molar-refractivity contribution in [2.45, 2.75) is 88.2 Å². The predicted octanol–water partition coefficient (Wildman–Crippen LogP) is 5.66. The average Bonchev–Trinajstić information content (AvgIpc) is 3.03. The van der Waals surface area contributed by atoms with Gasteiger partial charge in [-0.1, -0.05) is 62.6 Å². The summed E-state index contributed by atoms with van der Waals surface area (Å²) >= 11 is 6.60. The molecule has 0 saturated heterocycles. The number of alkyl halides is 1. The van der Waals surface area contributed by atoms with Gasteiger partial charge in [-0.05, 0) is 49.1 Å². The SMILES string of the molecule is CCCCCC(O)c1cccc([C@@H]2[C@@H](CC=CCCCC(=O)OC)[C@H](Cl)C[C@H]2O)c1. The van der Waals surface area contributed by atoms with Crippen LogP contribution in [0.15, 0.2) is 36.4 Å². The minimum atomic E-state index is -0.474. The number of carbonyl (C=O) groups excluding carboxylic acids is 1. The molecule has 1 aliphatic rings. The summed E-state index contributed by atoms with van der Waals surface area (Å²) in [5, 5.41) is 21.2. The molecule has 0 aromatic heterocycles. The fourth-order valence-electron chi connectivity index (χ4n) is 4.39. The molecule has 0 aliphatic heterocycles. The third kappa shape index (κ3) is 7.40. The highest BCUT2D eigenvalue weighted by Crippen LogP contribution is 2.45. The highest BCUT2D eigenvalue weighted by atomic mass is 35.5. The second-order valence-corrected chi connectivity index (χ2v) is 8.93. The van der Waals surface area contributed by atoms with Gasteiger partial charge >= 0.3 is 5.97 Å². The fraction of sp³-hybridized carbons (Fsp3) is 0.640. The number of halogens is 1. The Hall–Kier alpha value is -1.36. The first-order valence-corrected chi connectivity index (χ1v) is 11.7. The molecule has 0 heterocycles. The van der Waals surface area contributed by atoms with Gasteiger partial charge in [0, 0.05) is 17.7 Å². The molecule has 5 heteroatoms. The Kier molecular flexibility index (Phi) is 10.9. The fourth-order valence-corrected chi connectivity index (χ4v) is 4.83. The summed E-state index contributed by atoms with van der Waals surface area (Å²) < 4.78 is 4.65. The Morgan fingerprint density at radius 2 is 2.10 bits per heavy atom. The van der Waals surface area contributed by atoms with Gasteiger partial charge in [0.15, 0.2) is 0 Å². The van der Waals surface area contributed by atoms with Crippen LogP contribution in [0.4, 0.5) is 0 Å². The summed E-state index contributed by atoms with van der Waals surface area (Å²) in [6, 6.07) is 8.03. The van der Waals surface area contributed by atoms with Crippen molar-refractivity contribution < 1.29 is 19.7 Å². The van der Waals surface area contributed by atoms with E-state index in [0.29, 0.717) is 12.8 Å². The second-order valence-electron chi connectivity index (χ2n) is 8.37. The number of unbranched alkanes of at least 4 members (excludes halogenated alkanes) is 3. The molecule has 1 aliphatic carbocycles. The lowest BCUT2D eigenvalue weighted by Crippen LogP contribution is -2.18. The van der Waals surface area contributed by atoms with Crippen molar-refractivity contribution in [3.63, 3.8) is 0 Å². The van der Waals surface area contributed by atoms with Gasteiger partial charge in [-0.2, -0.15) is 0 Å². The van der Waals surface area contributed by atoms with Crippen molar-refractivity contribution in [3.05, 3.63) is 47.5 Å². The average molecular weight is 437 g/mol. The van der Waals surface area contributed by atoms with Gasteiger partial charge in [-0.15, -0.1) is 11.6 Å². The van der Waals surface area contributed by atoms with Crippen molar-refractivity contribution in [2.75, 3.05) is 7.11 Å². The number of benzene rings is 1. The monoisotopic (exact) mass is 436 g/mol. The minimum Gasteiger partial charge on any atom is -0.469 e. The molecule has 0 amide bonds. The van der Waals surface area contributed by atoms with Gasteiger partial charge < -0.3 is 14.9 Å². The lowest BCUT2D eigenvalue weighted by molar-refractivity contribution is -0.140. The van der Waals surface area contributed by atoms with E-state index in [1.54, 1.807) is 0 Å². The van der Waals surface area contributed by atoms with E-state index in [1.807, 2.05) is 24.3 Å². The third-order valence-electron chi connectivity index (χ3n) is 6.12. The molecule has 168 valence electrons. The van der Waals surface area contributed by atoms with Crippen LogP contribution in [0.1, 0.15) is 87.9 Å². The summed E-state index contributed by atoms with van der Waals surface area (Å²) in [5.74, 6) is -0.0685. The van der Waals surface area contributed by atoms with Crippen molar-refractivity contribution in [2.24, 2.45) is 5.92 Å². The first kappa shape index (κ1) is 24.9. The van der Waals surface area contributed by atoms with Gasteiger partial charge in [-0.25, -0.2) is 0 Å². The molecular formula is C25H37ClO4. The van der Waals surface area contributed by atoms with Crippen LogP contribution in [0.3, 0.4) is 0 Å². The zero-order valence-electron chi connectivity index (χ0n) is 18.3. The zero-order chi connectivity index (χ0) is 21.9. The summed E-state index contributed by atoms with van der Waals surface area (Å²) in [6.07, 6.45) is 10.7. The van der Waals surface area contributed by atoms with E-state index >= 15 is 0 Å². The summed E-state index contributed by atoms with van der Waals surface area (Å²) in [7, 11) is 1.41. The van der Waals surface area contributed by atoms with E-state index in [4.69, 9.17) is 11.6 Å². The van der Waals surface area contributed by atoms with Gasteiger partial charge in [-0.3, -0.25) is 4.79 Å². The lowest BCUT2D eigenvalue weighted by Gasteiger charge is -2.24. The van der Waals surface area contributed by atoms with Crippen LogP contribution < -0.4 is 0 Å². The number of ether oxygens (including phenoxy) is 1. The maximum absolute atomic E-state index is 11.2. The molecule has 2 rings (SSSR count). The quantitative estimate of drug-likeness (QED) is 0.192. The van der Waals surface area contributed by atoms with Gasteiger partial charge in [0.2, 0.25) is 0 Å². The zero-order valence-corrected chi connectivity index (χ0v) is 19.1. The molecule has 1 saturated carbocycles. The second kappa shape index (κ2) is 13.1. The van der Waals surface area contributed by atoms with Crippen molar-refractivity contribution in [3.8, 4) is 0 Å². The van der Waals surface area contributed by atoms with Crippen LogP contribution in [0.2, 0.25) is 0 Å². The number of rotatable bonds is 12. The number of allylic oxidation sites excluding steroid dienone is 2. The van der Waals surface area contributed by atoms with Crippen molar-refractivity contribution in [1.82, 2.24) is 0 Å². The molecule has 0 bridgehead atoms. The van der Waals surface area contributed by atoms with E-state index in [1.165, 1.54) is 7.11 Å². The molecule has 5 atom stereocenters. The summed E-state index contributed by atoms with van der Waals surface area (Å²) in [4.78, 5) is 11.2. The molecule has 2 N–H and O–H groups in total. The Morgan fingerprint density at radius 3 is 2.83 bits per heavy atom. The van der Waals surface area contributed by atoms with Crippen LogP contribution in [0.25, 0.3) is 0 Å². The Labute approximate surface area is 186 Å². The van der Waals surface area contributed by atoms with Crippen molar-refractivity contribution >= 4 is 17.6 Å². The third-order valence-corrected chi connectivity index (χ3v) is 6.62. The normalized spacial score (nSPS) is 25.0. The van der Waals surface area contributed by atoms with Crippen LogP contribution in [0.5, 0.6) is 0 Å². The van der Waals surface area contributed by atoms with E-state index in [2.05, 4.69) is 23.8 Å². The highest BCUT2D eigenvalue weighted by Gasteiger charge is 2.41. The Morgan fingerprint density at radius 1 is 1.30 bits per heavy atom. The molecule has 1 aromatic rings. The largest absolute Gasteiger partial charge is 0.469 e. The van der Waals surface area contributed by atoms with E-state index in [0.717, 1.165) is 56.1 Å². The highest BCUT2D eigenvalue weighted by molar-refractivity contribution is 6.21. The number of hydrogen-bond acceptors (Lipinski definition) is 4. The molecule has 0 spiro atoms. The first-order valence-electron chi connectivity index (χ1n) is 11.3. The summed E-state index contributed by atoms with van der Waals surface area (Å²) in [6.45, 7) is 2.16. The molecule has 1 fully saturated rings. The van der Waals surface area contributed by atoms with E-state index in [-0.39, 0.29) is 23.2 Å². The number of aliphatic hydroxyl groups is 2. The van der Waals surface area contributed by atoms with E-state index < -0.39 is 12.2 Å². The lowest BCUT2D eigenvalue weighted by atomic mass is 9.84. The number of carbonyl (C=O) groups is 1. The molecule has 0 radical (unpaired) electrons. The first-order chi connectivity index (χ1) is 14.5. The molecular weight excluding hydrogens is 400 g/mol. The van der Waals surface area contributed by atoms with Gasteiger partial charge in [0.1, 0.15) is 0 Å². The minimum absolute atomic E-state index is 0.0324. The van der Waals surface area contributed by atoms with E-state index in [9.17, 15) is 15.0 Å². The van der Waals surface area contributed by atoms with Crippen LogP contribution in [-0.4, -0.2) is 34.8 Å². The maximum atomic E-state index is 11.2. The maximum Gasteiger partial charge on any atom is 0.305 e. The number of aliphatic hydroxyl groups excluding tert-OH is 2. The van der Waals surface area contributed by atoms with Gasteiger partial charge in [0.25, 0.3) is 0 Å². The molecule has 30 heavy (non-hydrogen) atoms. The Bertz CT molecular complexity index is 675. The number of esters is 1. The topological polar surface area (TPSA) is 66.8 Å². The van der Waals surface area contributed by atoms with Crippen molar-refractivity contribution in [1.29, 1.82) is 0 Å². The van der Waals surface area contributed by atoms with Gasteiger partial charge in [0.05, 0.1) is 19.3 Å². The van der Waals surface area contributed by atoms with Crippen LogP contribution in [0, 0.1) is 5.92 Å². The standard InChI is InChI=1S/C25H37ClO4/c1-3-4-7-14-22(27)18-11-10-12-19(16-18)25-20(21(26)17-23(25)28)13-8-5-6-9-15-24(29)30-2/h5,8,10-12,16,20-23,25,27-28H,3-4,6-7,9,13-15,17H2,1-2H3/t20-,21+,22?,23+,25+/m0/s1. The molecule has 1 unspecified atom stereocenters. The molecule has 1 aromatic carbocycles. The van der Waals surface area contributed by atoms with Crippen LogP contribution >= 0.6 is 11.6 Å². The predicted molar refractivity (Wildman–Crippen MR) is 122 cm³/mol.